The van der Waals surface area contributed by atoms with Crippen molar-refractivity contribution >= 4 is 11.8 Å². The molecule has 1 rings (SSSR count). The minimum Gasteiger partial charge on any atom is -0.464 e. The van der Waals surface area contributed by atoms with E-state index in [0.717, 1.165) is 4.57 Å². The van der Waals surface area contributed by atoms with Crippen molar-refractivity contribution in [2.45, 2.75) is 19.9 Å². The van der Waals surface area contributed by atoms with Crippen LogP contribution in [-0.4, -0.2) is 29.1 Å². The lowest BCUT2D eigenvalue weighted by Gasteiger charge is -2.05. The molecule has 0 bridgehead atoms. The van der Waals surface area contributed by atoms with Crippen molar-refractivity contribution in [1.29, 1.82) is 0 Å². The number of nitrogens with two attached hydrogens (primary N) is 1. The zero-order chi connectivity index (χ0) is 11.6. The predicted molar refractivity (Wildman–Crippen MR) is 48.7 cm³/mol. The summed E-state index contributed by atoms with van der Waals surface area (Å²) in [6, 6.07) is 0. The summed E-state index contributed by atoms with van der Waals surface area (Å²) in [6.07, 6.45) is -2.55. The molecular formula is C8H11F2N3O2. The Balaban J connectivity index is 3.08. The molecule has 0 amide bonds. The highest BCUT2D eigenvalue weighted by atomic mass is 19.3. The molecule has 0 aliphatic heterocycles. The third-order valence-electron chi connectivity index (χ3n) is 1.90. The fourth-order valence-corrected chi connectivity index (χ4v) is 1.20. The molecule has 2 N–H and O–H groups in total. The van der Waals surface area contributed by atoms with E-state index >= 15 is 0 Å². The predicted octanol–water partition coefficient (Wildman–Crippen LogP) is 0.825. The maximum absolute atomic E-state index is 12.2. The third kappa shape index (κ3) is 2.23. The molecule has 1 aromatic heterocycles. The summed E-state index contributed by atoms with van der Waals surface area (Å²) in [4.78, 5) is 14.9. The van der Waals surface area contributed by atoms with Crippen molar-refractivity contribution in [1.82, 2.24) is 9.55 Å². The minimum atomic E-state index is -2.55. The number of hydrogen-bond acceptors (Lipinski definition) is 4. The number of imidazole rings is 1. The summed E-state index contributed by atoms with van der Waals surface area (Å²) in [7, 11) is 1.17. The van der Waals surface area contributed by atoms with Crippen LogP contribution < -0.4 is 5.73 Å². The van der Waals surface area contributed by atoms with Crippen molar-refractivity contribution in [3.63, 3.8) is 0 Å². The van der Waals surface area contributed by atoms with E-state index in [1.807, 2.05) is 0 Å². The molecule has 1 aromatic rings. The van der Waals surface area contributed by atoms with E-state index in [-0.39, 0.29) is 17.3 Å². The van der Waals surface area contributed by atoms with Gasteiger partial charge in [-0.2, -0.15) is 0 Å². The Labute approximate surface area is 84.8 Å². The number of nitrogen functional groups attached to an aromatic ring is 1. The summed E-state index contributed by atoms with van der Waals surface area (Å²) in [5.74, 6) is -0.573. The molecule has 0 aliphatic carbocycles. The summed E-state index contributed by atoms with van der Waals surface area (Å²) in [5, 5.41) is 0. The second-order valence-electron chi connectivity index (χ2n) is 2.89. The van der Waals surface area contributed by atoms with E-state index < -0.39 is 18.9 Å². The lowest BCUT2D eigenvalue weighted by atomic mass is 10.4. The zero-order valence-corrected chi connectivity index (χ0v) is 8.33. The first-order valence-electron chi connectivity index (χ1n) is 4.16. The Hall–Kier alpha value is -1.66. The number of carbonyl (C=O) groups excluding carboxylic acids is 1. The van der Waals surface area contributed by atoms with Gasteiger partial charge in [-0.05, 0) is 6.92 Å². The van der Waals surface area contributed by atoms with Gasteiger partial charge in [-0.3, -0.25) is 0 Å². The number of nitrogens with zero attached hydrogens (tertiary/aromatic N) is 2. The van der Waals surface area contributed by atoms with Gasteiger partial charge in [0.1, 0.15) is 11.6 Å². The van der Waals surface area contributed by atoms with E-state index in [9.17, 15) is 13.6 Å². The van der Waals surface area contributed by atoms with Crippen LogP contribution in [0.2, 0.25) is 0 Å². The quantitative estimate of drug-likeness (QED) is 0.764. The first-order valence-corrected chi connectivity index (χ1v) is 4.16. The molecule has 0 saturated carbocycles. The van der Waals surface area contributed by atoms with Gasteiger partial charge in [-0.15, -0.1) is 0 Å². The monoisotopic (exact) mass is 219 g/mol. The normalized spacial score (nSPS) is 10.7. The maximum atomic E-state index is 12.2. The highest BCUT2D eigenvalue weighted by Crippen LogP contribution is 2.16. The van der Waals surface area contributed by atoms with Crippen LogP contribution in [0.25, 0.3) is 0 Å². The fourth-order valence-electron chi connectivity index (χ4n) is 1.20. The van der Waals surface area contributed by atoms with Gasteiger partial charge in [0, 0.05) is 0 Å². The number of rotatable bonds is 3. The topological polar surface area (TPSA) is 70.1 Å². The molecule has 1 heterocycles. The average molecular weight is 219 g/mol. The van der Waals surface area contributed by atoms with Crippen LogP contribution in [0.5, 0.6) is 0 Å². The lowest BCUT2D eigenvalue weighted by molar-refractivity contribution is 0.0595. The summed E-state index contributed by atoms with van der Waals surface area (Å²) < 4.78 is 29.8. The molecule has 0 spiro atoms. The summed E-state index contributed by atoms with van der Waals surface area (Å²) in [6.45, 7) is 0.910. The van der Waals surface area contributed by atoms with Gasteiger partial charge in [-0.1, -0.05) is 0 Å². The van der Waals surface area contributed by atoms with Crippen molar-refractivity contribution in [2.75, 3.05) is 12.8 Å². The van der Waals surface area contributed by atoms with Crippen LogP contribution in [0.1, 0.15) is 16.3 Å². The molecule has 84 valence electrons. The van der Waals surface area contributed by atoms with Gasteiger partial charge in [0.15, 0.2) is 5.69 Å². The van der Waals surface area contributed by atoms with E-state index in [4.69, 9.17) is 5.73 Å². The number of methoxy groups -OCH3 is 1. The van der Waals surface area contributed by atoms with Crippen LogP contribution in [-0.2, 0) is 11.3 Å². The number of esters is 1. The lowest BCUT2D eigenvalue weighted by Crippen LogP contribution is -2.12. The van der Waals surface area contributed by atoms with Crippen LogP contribution in [0.4, 0.5) is 14.6 Å². The van der Waals surface area contributed by atoms with Crippen LogP contribution >= 0.6 is 0 Å². The molecule has 0 aliphatic rings. The Bertz CT molecular complexity index is 376. The number of alkyl halides is 2. The largest absolute Gasteiger partial charge is 0.464 e. The summed E-state index contributed by atoms with van der Waals surface area (Å²) >= 11 is 0. The molecule has 0 saturated heterocycles. The molecule has 0 radical (unpaired) electrons. The second-order valence-corrected chi connectivity index (χ2v) is 2.89. The Morgan fingerprint density at radius 1 is 1.67 bits per heavy atom. The second kappa shape index (κ2) is 4.24. The molecule has 0 atom stereocenters. The number of hydrogen-bond donors (Lipinski definition) is 1. The van der Waals surface area contributed by atoms with E-state index in [1.165, 1.54) is 14.0 Å². The first-order chi connectivity index (χ1) is 6.97. The van der Waals surface area contributed by atoms with Gasteiger partial charge < -0.3 is 15.0 Å². The Morgan fingerprint density at radius 2 is 2.27 bits per heavy atom. The van der Waals surface area contributed by atoms with Crippen molar-refractivity contribution in [3.8, 4) is 0 Å². The van der Waals surface area contributed by atoms with Crippen molar-refractivity contribution in [2.24, 2.45) is 0 Å². The van der Waals surface area contributed by atoms with Gasteiger partial charge in [-0.25, -0.2) is 18.6 Å². The highest BCUT2D eigenvalue weighted by molar-refractivity contribution is 5.92. The van der Waals surface area contributed by atoms with Crippen LogP contribution in [0, 0.1) is 6.92 Å². The number of halogens is 2. The first kappa shape index (κ1) is 11.4. The van der Waals surface area contributed by atoms with Crippen molar-refractivity contribution in [3.05, 3.63) is 11.5 Å². The molecule has 0 aromatic carbocycles. The number of anilines is 1. The fraction of sp³-hybridized carbons (Fsp3) is 0.500. The van der Waals surface area contributed by atoms with E-state index in [0.29, 0.717) is 0 Å². The average Bonchev–Trinajstić information content (AvgIpc) is 2.44. The zero-order valence-electron chi connectivity index (χ0n) is 8.33. The molecule has 0 fully saturated rings. The molecule has 0 unspecified atom stereocenters. The van der Waals surface area contributed by atoms with Gasteiger partial charge >= 0.3 is 5.97 Å². The standard InChI is InChI=1S/C8H11F2N3O2/c1-4-12-6(8(14)15-2)7(11)13(4)3-5(9)10/h5H,3,11H2,1-2H3. The third-order valence-corrected chi connectivity index (χ3v) is 1.90. The summed E-state index contributed by atoms with van der Waals surface area (Å²) in [5.41, 5.74) is 5.37. The van der Waals surface area contributed by atoms with Gasteiger partial charge in [0.2, 0.25) is 0 Å². The molecule has 5 nitrogen and oxygen atoms in total. The number of aryl methyl sites for hydroxylation is 1. The molecule has 15 heavy (non-hydrogen) atoms. The number of ether oxygens (including phenoxy) is 1. The smallest absolute Gasteiger partial charge is 0.360 e. The number of aromatic nitrogens is 2. The van der Waals surface area contributed by atoms with Gasteiger partial charge in [0.05, 0.1) is 13.7 Å². The Kier molecular flexibility index (Phi) is 3.23. The van der Waals surface area contributed by atoms with Gasteiger partial charge in [0.25, 0.3) is 6.43 Å². The molecule has 7 heteroatoms. The molecular weight excluding hydrogens is 208 g/mol. The minimum absolute atomic E-state index is 0.0975. The highest BCUT2D eigenvalue weighted by Gasteiger charge is 2.20. The Morgan fingerprint density at radius 3 is 2.73 bits per heavy atom. The van der Waals surface area contributed by atoms with Crippen LogP contribution in [0.3, 0.4) is 0 Å². The van der Waals surface area contributed by atoms with E-state index in [2.05, 4.69) is 9.72 Å². The SMILES string of the molecule is COC(=O)c1nc(C)n(CC(F)F)c1N. The van der Waals surface area contributed by atoms with E-state index in [1.54, 1.807) is 0 Å². The van der Waals surface area contributed by atoms with Crippen LogP contribution in [0.15, 0.2) is 0 Å². The number of carbonyl (C=O) groups is 1. The maximum Gasteiger partial charge on any atom is 0.360 e. The van der Waals surface area contributed by atoms with Crippen molar-refractivity contribution < 1.29 is 18.3 Å².